The lowest BCUT2D eigenvalue weighted by Crippen LogP contribution is -2.41. The zero-order valence-corrected chi connectivity index (χ0v) is 14.9. The lowest BCUT2D eigenvalue weighted by molar-refractivity contribution is 0.0589. The molecule has 0 N–H and O–H groups in total. The van der Waals surface area contributed by atoms with Crippen LogP contribution in [0.2, 0.25) is 5.15 Å². The lowest BCUT2D eigenvalue weighted by Gasteiger charge is -2.32. The summed E-state index contributed by atoms with van der Waals surface area (Å²) in [6.45, 7) is 3.86. The molecule has 1 saturated heterocycles. The molecule has 0 radical (unpaired) electrons. The fraction of sp³-hybridized carbons (Fsp3) is 0.368. The Morgan fingerprint density at radius 3 is 2.64 bits per heavy atom. The van der Waals surface area contributed by atoms with E-state index in [2.05, 4.69) is 4.98 Å². The Morgan fingerprint density at radius 1 is 1.24 bits per heavy atom. The first-order valence-electron chi connectivity index (χ1n) is 8.46. The van der Waals surface area contributed by atoms with E-state index in [1.807, 2.05) is 36.1 Å². The van der Waals surface area contributed by atoms with Gasteiger partial charge in [-0.15, -0.1) is 0 Å². The van der Waals surface area contributed by atoms with Crippen LogP contribution in [-0.4, -0.2) is 41.6 Å². The third-order valence-corrected chi connectivity index (χ3v) is 4.35. The molecular formula is C19H21ClN2O3. The topological polar surface area (TPSA) is 51.7 Å². The number of aromatic nitrogens is 1. The molecule has 1 fully saturated rings. The first-order valence-corrected chi connectivity index (χ1v) is 8.84. The van der Waals surface area contributed by atoms with E-state index in [9.17, 15) is 4.79 Å². The van der Waals surface area contributed by atoms with Crippen LogP contribution < -0.4 is 9.47 Å². The van der Waals surface area contributed by atoms with Crippen molar-refractivity contribution in [2.45, 2.75) is 25.9 Å². The number of ether oxygens (including phenoxy) is 2. The maximum Gasteiger partial charge on any atom is 0.254 e. The van der Waals surface area contributed by atoms with Crippen molar-refractivity contribution in [2.75, 3.05) is 19.7 Å². The predicted octanol–water partition coefficient (Wildman–Crippen LogP) is 3.82. The van der Waals surface area contributed by atoms with Gasteiger partial charge in [-0.2, -0.15) is 0 Å². The van der Waals surface area contributed by atoms with Gasteiger partial charge < -0.3 is 14.4 Å². The Hall–Kier alpha value is -2.27. The number of rotatable bonds is 5. The van der Waals surface area contributed by atoms with Gasteiger partial charge >= 0.3 is 0 Å². The molecule has 0 saturated carbocycles. The monoisotopic (exact) mass is 360 g/mol. The zero-order chi connectivity index (χ0) is 17.6. The average molecular weight is 361 g/mol. The molecule has 1 aliphatic heterocycles. The second kappa shape index (κ2) is 8.21. The Kier molecular flexibility index (Phi) is 5.76. The fourth-order valence-corrected chi connectivity index (χ4v) is 3.07. The van der Waals surface area contributed by atoms with Crippen molar-refractivity contribution in [3.05, 3.63) is 53.3 Å². The number of carbonyl (C=O) groups excluding carboxylic acids is 1. The van der Waals surface area contributed by atoms with Crippen LogP contribution in [-0.2, 0) is 0 Å². The summed E-state index contributed by atoms with van der Waals surface area (Å²) in [5.41, 5.74) is 0.570. The van der Waals surface area contributed by atoms with E-state index in [0.717, 1.165) is 24.3 Å². The van der Waals surface area contributed by atoms with E-state index < -0.39 is 0 Å². The number of carbonyl (C=O) groups is 1. The van der Waals surface area contributed by atoms with Crippen LogP contribution in [0.4, 0.5) is 0 Å². The molecular weight excluding hydrogens is 340 g/mol. The van der Waals surface area contributed by atoms with Gasteiger partial charge in [0, 0.05) is 37.7 Å². The second-order valence-corrected chi connectivity index (χ2v) is 6.24. The highest BCUT2D eigenvalue weighted by Crippen LogP contribution is 2.29. The first-order chi connectivity index (χ1) is 12.2. The summed E-state index contributed by atoms with van der Waals surface area (Å²) in [7, 11) is 0. The summed E-state index contributed by atoms with van der Waals surface area (Å²) in [5, 5.41) is 0.330. The molecule has 1 amide bonds. The average Bonchev–Trinajstić information content (AvgIpc) is 2.64. The van der Waals surface area contributed by atoms with Gasteiger partial charge in [0.05, 0.1) is 6.61 Å². The van der Waals surface area contributed by atoms with Gasteiger partial charge in [-0.05, 0) is 31.2 Å². The Balaban J connectivity index is 1.58. The van der Waals surface area contributed by atoms with E-state index >= 15 is 0 Å². The molecule has 1 aliphatic rings. The number of nitrogens with zero attached hydrogens (tertiary/aromatic N) is 2. The van der Waals surface area contributed by atoms with Gasteiger partial charge in [-0.1, -0.05) is 23.7 Å². The van der Waals surface area contributed by atoms with E-state index in [0.29, 0.717) is 30.4 Å². The van der Waals surface area contributed by atoms with E-state index in [1.54, 1.807) is 18.3 Å². The number of halogens is 1. The SMILES string of the molecule is CCOc1ccccc1OC1CCN(C(=O)c2ccnc(Cl)c2)CC1. The highest BCUT2D eigenvalue weighted by Gasteiger charge is 2.25. The minimum Gasteiger partial charge on any atom is -0.490 e. The number of hydrogen-bond acceptors (Lipinski definition) is 4. The molecule has 3 rings (SSSR count). The minimum atomic E-state index is -0.0162. The molecule has 25 heavy (non-hydrogen) atoms. The normalized spacial score (nSPS) is 15.0. The number of likely N-dealkylation sites (tertiary alicyclic amines) is 1. The number of amides is 1. The van der Waals surface area contributed by atoms with E-state index in [-0.39, 0.29) is 12.0 Å². The van der Waals surface area contributed by atoms with Gasteiger partial charge in [0.25, 0.3) is 5.91 Å². The summed E-state index contributed by atoms with van der Waals surface area (Å²) in [4.78, 5) is 18.3. The largest absolute Gasteiger partial charge is 0.490 e. The highest BCUT2D eigenvalue weighted by atomic mass is 35.5. The molecule has 132 valence electrons. The van der Waals surface area contributed by atoms with Crippen LogP contribution >= 0.6 is 11.6 Å². The van der Waals surface area contributed by atoms with Crippen molar-refractivity contribution < 1.29 is 14.3 Å². The van der Waals surface area contributed by atoms with Gasteiger partial charge in [0.2, 0.25) is 0 Å². The smallest absolute Gasteiger partial charge is 0.254 e. The highest BCUT2D eigenvalue weighted by molar-refractivity contribution is 6.29. The second-order valence-electron chi connectivity index (χ2n) is 5.86. The number of pyridine rings is 1. The Morgan fingerprint density at radius 2 is 1.96 bits per heavy atom. The molecule has 1 aromatic heterocycles. The van der Waals surface area contributed by atoms with Crippen molar-refractivity contribution in [3.63, 3.8) is 0 Å². The molecule has 0 spiro atoms. The summed E-state index contributed by atoms with van der Waals surface area (Å²) in [5.74, 6) is 1.50. The quantitative estimate of drug-likeness (QED) is 0.761. The summed E-state index contributed by atoms with van der Waals surface area (Å²) >= 11 is 5.87. The maximum atomic E-state index is 12.5. The Bertz CT molecular complexity index is 730. The van der Waals surface area contributed by atoms with Crippen molar-refractivity contribution in [1.82, 2.24) is 9.88 Å². The predicted molar refractivity (Wildman–Crippen MR) is 96.4 cm³/mol. The number of piperidine rings is 1. The van der Waals surface area contributed by atoms with Crippen LogP contribution in [0.25, 0.3) is 0 Å². The molecule has 6 heteroatoms. The third-order valence-electron chi connectivity index (χ3n) is 4.15. The maximum absolute atomic E-state index is 12.5. The summed E-state index contributed by atoms with van der Waals surface area (Å²) in [6.07, 6.45) is 3.19. The number of hydrogen-bond donors (Lipinski definition) is 0. The van der Waals surface area contributed by atoms with Crippen LogP contribution in [0.15, 0.2) is 42.6 Å². The molecule has 0 aliphatic carbocycles. The van der Waals surface area contributed by atoms with Crippen molar-refractivity contribution in [1.29, 1.82) is 0 Å². The molecule has 2 aromatic rings. The van der Waals surface area contributed by atoms with Crippen molar-refractivity contribution in [3.8, 4) is 11.5 Å². The van der Waals surface area contributed by atoms with E-state index in [4.69, 9.17) is 21.1 Å². The number of para-hydroxylation sites is 2. The van der Waals surface area contributed by atoms with Gasteiger partial charge in [-0.25, -0.2) is 4.98 Å². The molecule has 0 unspecified atom stereocenters. The van der Waals surface area contributed by atoms with Gasteiger partial charge in [0.15, 0.2) is 11.5 Å². The van der Waals surface area contributed by atoms with Crippen LogP contribution in [0.1, 0.15) is 30.1 Å². The van der Waals surface area contributed by atoms with Gasteiger partial charge in [-0.3, -0.25) is 4.79 Å². The van der Waals surface area contributed by atoms with E-state index in [1.165, 1.54) is 0 Å². The van der Waals surface area contributed by atoms with Crippen LogP contribution in [0, 0.1) is 0 Å². The third kappa shape index (κ3) is 4.42. The molecule has 0 bridgehead atoms. The summed E-state index contributed by atoms with van der Waals surface area (Å²) < 4.78 is 11.7. The lowest BCUT2D eigenvalue weighted by atomic mass is 10.1. The first kappa shape index (κ1) is 17.5. The Labute approximate surface area is 152 Å². The molecule has 1 aromatic carbocycles. The molecule has 2 heterocycles. The van der Waals surface area contributed by atoms with Crippen molar-refractivity contribution >= 4 is 17.5 Å². The zero-order valence-electron chi connectivity index (χ0n) is 14.2. The standard InChI is InChI=1S/C19H21ClN2O3/c1-2-24-16-5-3-4-6-17(16)25-15-8-11-22(12-9-15)19(23)14-7-10-21-18(20)13-14/h3-7,10,13,15H,2,8-9,11-12H2,1H3. The molecule has 0 atom stereocenters. The summed E-state index contributed by atoms with van der Waals surface area (Å²) in [6, 6.07) is 11.0. The van der Waals surface area contributed by atoms with Crippen LogP contribution in [0.3, 0.4) is 0 Å². The molecule has 5 nitrogen and oxygen atoms in total. The number of benzene rings is 1. The van der Waals surface area contributed by atoms with Crippen LogP contribution in [0.5, 0.6) is 11.5 Å². The fourth-order valence-electron chi connectivity index (χ4n) is 2.90. The minimum absolute atomic E-state index is 0.0162. The van der Waals surface area contributed by atoms with Crippen molar-refractivity contribution in [2.24, 2.45) is 0 Å². The van der Waals surface area contributed by atoms with Gasteiger partial charge in [0.1, 0.15) is 11.3 Å².